The number of carbonyl (C=O) groups is 2. The first-order chi connectivity index (χ1) is 24.6. The van der Waals surface area contributed by atoms with Gasteiger partial charge in [0.05, 0.1) is 11.4 Å². The first kappa shape index (κ1) is 33.2. The van der Waals surface area contributed by atoms with E-state index in [1.807, 2.05) is 0 Å². The molecule has 0 saturated carbocycles. The Balaban J connectivity index is 1.32. The lowest BCUT2D eigenvalue weighted by atomic mass is 10.2. The van der Waals surface area contributed by atoms with E-state index in [-0.39, 0.29) is 11.4 Å². The third kappa shape index (κ3) is 7.11. The number of anilines is 2. The second kappa shape index (κ2) is 14.2. The van der Waals surface area contributed by atoms with E-state index < -0.39 is 57.2 Å². The fourth-order valence-electron chi connectivity index (χ4n) is 5.06. The smallest absolute Gasteiger partial charge is 0.335 e. The molecule has 14 heteroatoms. The maximum absolute atomic E-state index is 12.8. The van der Waals surface area contributed by atoms with Gasteiger partial charge in [0.15, 0.2) is 0 Å². The number of carbonyl (C=O) groups excluding carboxylic acids is 2. The maximum atomic E-state index is 12.8. The first-order valence-corrected chi connectivity index (χ1v) is 15.1. The van der Waals surface area contributed by atoms with Crippen LogP contribution in [0.5, 0.6) is 11.8 Å². The van der Waals surface area contributed by atoms with Gasteiger partial charge in [0, 0.05) is 22.5 Å². The van der Waals surface area contributed by atoms with Crippen LogP contribution in [0.3, 0.4) is 0 Å². The van der Waals surface area contributed by atoms with E-state index in [1.54, 1.807) is 72.8 Å². The number of aromatic nitrogens is 4. The van der Waals surface area contributed by atoms with Gasteiger partial charge in [-0.3, -0.25) is 29.1 Å². The minimum Gasteiger partial charge on any atom is -0.494 e. The molecule has 2 aromatic heterocycles. The highest BCUT2D eigenvalue weighted by Gasteiger charge is 2.17. The Kier molecular flexibility index (Phi) is 9.24. The van der Waals surface area contributed by atoms with Gasteiger partial charge in [-0.2, -0.15) is 0 Å². The lowest BCUT2D eigenvalue weighted by Crippen LogP contribution is -2.30. The summed E-state index contributed by atoms with van der Waals surface area (Å²) in [7, 11) is 0. The lowest BCUT2D eigenvalue weighted by Gasteiger charge is -2.12. The SMILES string of the molecule is O=C(Nc1cccc(-n2c(O)c(C=C=Cc3c(O)n(-c4cccc(NC(=O)c5ccccc5)c4)c(=O)[nH]c3=O)c(=O)[nH]c2=O)c1)c1ccccc1. The molecule has 0 bridgehead atoms. The molecular formula is C37H26N6O8. The number of aromatic hydroxyl groups is 2. The normalized spacial score (nSPS) is 10.5. The second-order valence-electron chi connectivity index (χ2n) is 10.9. The van der Waals surface area contributed by atoms with Gasteiger partial charge in [-0.1, -0.05) is 48.5 Å². The molecule has 0 spiro atoms. The van der Waals surface area contributed by atoms with Gasteiger partial charge in [-0.25, -0.2) is 18.7 Å². The number of nitrogens with one attached hydrogen (secondary N) is 4. The van der Waals surface area contributed by atoms with E-state index in [2.05, 4.69) is 26.3 Å². The van der Waals surface area contributed by atoms with Gasteiger partial charge in [0.2, 0.25) is 11.8 Å². The predicted octanol–water partition coefficient (Wildman–Crippen LogP) is 3.61. The molecule has 2 amide bonds. The van der Waals surface area contributed by atoms with Gasteiger partial charge in [0.25, 0.3) is 22.9 Å². The molecule has 0 aliphatic heterocycles. The summed E-state index contributed by atoms with van der Waals surface area (Å²) in [5.74, 6) is -2.39. The highest BCUT2D eigenvalue weighted by atomic mass is 16.3. The van der Waals surface area contributed by atoms with Crippen molar-refractivity contribution in [1.82, 2.24) is 19.1 Å². The summed E-state index contributed by atoms with van der Waals surface area (Å²) >= 11 is 0. The van der Waals surface area contributed by atoms with Crippen LogP contribution in [-0.4, -0.2) is 41.1 Å². The summed E-state index contributed by atoms with van der Waals surface area (Å²) in [5, 5.41) is 27.5. The highest BCUT2D eigenvalue weighted by Crippen LogP contribution is 2.23. The van der Waals surface area contributed by atoms with Crippen LogP contribution >= 0.6 is 0 Å². The highest BCUT2D eigenvalue weighted by molar-refractivity contribution is 6.05. The number of hydrogen-bond donors (Lipinski definition) is 6. The van der Waals surface area contributed by atoms with E-state index >= 15 is 0 Å². The quantitative estimate of drug-likeness (QED) is 0.130. The van der Waals surface area contributed by atoms with Crippen molar-refractivity contribution in [1.29, 1.82) is 0 Å². The molecular weight excluding hydrogens is 656 g/mol. The number of benzene rings is 4. The number of amides is 2. The average molecular weight is 683 g/mol. The lowest BCUT2D eigenvalue weighted by molar-refractivity contribution is 0.101. The molecule has 0 aliphatic carbocycles. The zero-order chi connectivity index (χ0) is 36.1. The largest absolute Gasteiger partial charge is 0.494 e. The van der Waals surface area contributed by atoms with E-state index in [9.17, 15) is 39.0 Å². The molecule has 0 atom stereocenters. The third-order valence-electron chi connectivity index (χ3n) is 7.49. The number of rotatable bonds is 8. The van der Waals surface area contributed by atoms with E-state index in [4.69, 9.17) is 0 Å². The van der Waals surface area contributed by atoms with Crippen LogP contribution in [0.4, 0.5) is 11.4 Å². The van der Waals surface area contributed by atoms with Crippen LogP contribution in [0, 0.1) is 0 Å². The standard InChI is InChI=1S/C37H26N6O8/c44-30(22-10-3-1-4-11-22)38-24-14-7-16-26(20-24)42-34(48)28(32(46)40-36(42)50)18-9-19-29-33(47)41-37(51)43(35(29)49)27-17-8-15-25(21-27)39-31(45)23-12-5-2-6-13-23/h1-8,10-21,48-49H,(H,38,44)(H,39,45)(H,40,46,50)(H,41,47,51). The van der Waals surface area contributed by atoms with Gasteiger partial charge < -0.3 is 20.8 Å². The van der Waals surface area contributed by atoms with Gasteiger partial charge in [-0.15, -0.1) is 5.73 Å². The molecule has 252 valence electrons. The van der Waals surface area contributed by atoms with Crippen LogP contribution in [-0.2, 0) is 0 Å². The Morgan fingerprint density at radius 3 is 1.35 bits per heavy atom. The van der Waals surface area contributed by atoms with Crippen molar-refractivity contribution in [2.45, 2.75) is 0 Å². The molecule has 51 heavy (non-hydrogen) atoms. The topological polar surface area (TPSA) is 208 Å². The third-order valence-corrected chi connectivity index (χ3v) is 7.49. The summed E-state index contributed by atoms with van der Waals surface area (Å²) in [6.07, 6.45) is 1.94. The zero-order valence-corrected chi connectivity index (χ0v) is 26.3. The van der Waals surface area contributed by atoms with Gasteiger partial charge >= 0.3 is 11.4 Å². The summed E-state index contributed by atoms with van der Waals surface area (Å²) in [6.45, 7) is 0. The fraction of sp³-hybridized carbons (Fsp3) is 0. The minimum absolute atomic E-state index is 0.0987. The van der Waals surface area contributed by atoms with E-state index in [0.717, 1.165) is 21.3 Å². The molecule has 0 unspecified atom stereocenters. The van der Waals surface area contributed by atoms with Crippen molar-refractivity contribution in [3.05, 3.63) is 179 Å². The molecule has 6 rings (SSSR count). The minimum atomic E-state index is -0.986. The maximum Gasteiger partial charge on any atom is 0.335 e. The van der Waals surface area contributed by atoms with Crippen molar-refractivity contribution in [2.24, 2.45) is 0 Å². The summed E-state index contributed by atoms with van der Waals surface area (Å²) in [5.41, 5.74) is -0.682. The van der Waals surface area contributed by atoms with Crippen LogP contribution in [0.25, 0.3) is 23.5 Å². The van der Waals surface area contributed by atoms with Crippen molar-refractivity contribution in [3.63, 3.8) is 0 Å². The van der Waals surface area contributed by atoms with Crippen LogP contribution in [0.1, 0.15) is 31.8 Å². The Bertz CT molecular complexity index is 2440. The predicted molar refractivity (Wildman–Crippen MR) is 190 cm³/mol. The van der Waals surface area contributed by atoms with Crippen molar-refractivity contribution in [3.8, 4) is 23.1 Å². The molecule has 14 nitrogen and oxygen atoms in total. The first-order valence-electron chi connectivity index (χ1n) is 15.1. The Hall–Kier alpha value is -7.70. The van der Waals surface area contributed by atoms with Crippen LogP contribution < -0.4 is 33.1 Å². The van der Waals surface area contributed by atoms with Gasteiger partial charge in [-0.05, 0) is 72.8 Å². The van der Waals surface area contributed by atoms with E-state index in [0.29, 0.717) is 22.5 Å². The molecule has 2 heterocycles. The number of hydrogen-bond acceptors (Lipinski definition) is 8. The van der Waals surface area contributed by atoms with Crippen molar-refractivity contribution >= 4 is 35.3 Å². The zero-order valence-electron chi connectivity index (χ0n) is 26.3. The average Bonchev–Trinajstić information content (AvgIpc) is 3.11. The molecule has 6 aromatic rings. The molecule has 0 saturated heterocycles. The van der Waals surface area contributed by atoms with Crippen molar-refractivity contribution < 1.29 is 19.8 Å². The molecule has 0 fully saturated rings. The molecule has 6 N–H and O–H groups in total. The molecule has 0 aliphatic rings. The number of aromatic amines is 2. The van der Waals surface area contributed by atoms with Crippen LogP contribution in [0.15, 0.2) is 134 Å². The Labute approximate surface area is 286 Å². The fourth-order valence-corrected chi connectivity index (χ4v) is 5.06. The van der Waals surface area contributed by atoms with Gasteiger partial charge in [0.1, 0.15) is 11.1 Å². The summed E-state index contributed by atoms with van der Waals surface area (Å²) in [4.78, 5) is 80.5. The number of nitrogens with zero attached hydrogens (tertiary/aromatic N) is 2. The Morgan fingerprint density at radius 2 is 0.961 bits per heavy atom. The molecule has 0 radical (unpaired) electrons. The van der Waals surface area contributed by atoms with E-state index in [1.165, 1.54) is 36.4 Å². The summed E-state index contributed by atoms with van der Waals surface area (Å²) < 4.78 is 1.59. The number of H-pyrrole nitrogens is 2. The summed E-state index contributed by atoms with van der Waals surface area (Å²) in [6, 6.07) is 28.8. The van der Waals surface area contributed by atoms with Crippen molar-refractivity contribution in [2.75, 3.05) is 10.6 Å². The monoisotopic (exact) mass is 682 g/mol. The Morgan fingerprint density at radius 1 is 0.569 bits per heavy atom. The molecule has 4 aromatic carbocycles. The second-order valence-corrected chi connectivity index (χ2v) is 10.9. The van der Waals surface area contributed by atoms with Crippen LogP contribution in [0.2, 0.25) is 0 Å².